The van der Waals surface area contributed by atoms with E-state index in [1.807, 2.05) is 11.8 Å². The quantitative estimate of drug-likeness (QED) is 0.651. The van der Waals surface area contributed by atoms with Crippen LogP contribution in [-0.2, 0) is 4.79 Å². The Morgan fingerprint density at radius 1 is 1.40 bits per heavy atom. The minimum absolute atomic E-state index is 0.162. The molecule has 2 aliphatic carbocycles. The van der Waals surface area contributed by atoms with Crippen LogP contribution in [0.4, 0.5) is 0 Å². The standard InChI is InChI=1S/C13H21NO/c1-4-14(13(15)9(2)3)12-8-10-5-6-11(12)7-10/h10-12H,2,4-8H2,1,3H3. The monoisotopic (exact) mass is 207 g/mol. The molecule has 84 valence electrons. The number of carbonyl (C=O) groups is 1. The average Bonchev–Trinajstić information content (AvgIpc) is 2.80. The fourth-order valence-electron chi connectivity index (χ4n) is 3.37. The highest BCUT2D eigenvalue weighted by atomic mass is 16.2. The van der Waals surface area contributed by atoms with Crippen molar-refractivity contribution in [3.05, 3.63) is 12.2 Å². The fraction of sp³-hybridized carbons (Fsp3) is 0.769. The van der Waals surface area contributed by atoms with Crippen LogP contribution < -0.4 is 0 Å². The highest BCUT2D eigenvalue weighted by Gasteiger charge is 2.43. The van der Waals surface area contributed by atoms with Gasteiger partial charge in [-0.25, -0.2) is 0 Å². The largest absolute Gasteiger partial charge is 0.336 e. The van der Waals surface area contributed by atoms with Gasteiger partial charge in [0.1, 0.15) is 0 Å². The smallest absolute Gasteiger partial charge is 0.249 e. The summed E-state index contributed by atoms with van der Waals surface area (Å²) in [7, 11) is 0. The third kappa shape index (κ3) is 1.82. The molecule has 0 saturated heterocycles. The molecule has 0 aromatic rings. The molecule has 2 bridgehead atoms. The Labute approximate surface area is 92.3 Å². The first-order chi connectivity index (χ1) is 7.13. The predicted molar refractivity (Wildman–Crippen MR) is 61.4 cm³/mol. The summed E-state index contributed by atoms with van der Waals surface area (Å²) in [5.74, 6) is 1.83. The van der Waals surface area contributed by atoms with E-state index in [0.29, 0.717) is 11.6 Å². The number of nitrogens with zero attached hydrogens (tertiary/aromatic N) is 1. The van der Waals surface area contributed by atoms with Crippen LogP contribution >= 0.6 is 0 Å². The fourth-order valence-corrected chi connectivity index (χ4v) is 3.37. The molecule has 15 heavy (non-hydrogen) atoms. The molecule has 0 spiro atoms. The maximum absolute atomic E-state index is 12.0. The van der Waals surface area contributed by atoms with Gasteiger partial charge in [-0.1, -0.05) is 13.0 Å². The molecule has 2 fully saturated rings. The van der Waals surface area contributed by atoms with Crippen molar-refractivity contribution in [1.82, 2.24) is 4.90 Å². The van der Waals surface area contributed by atoms with E-state index in [0.717, 1.165) is 18.4 Å². The van der Waals surface area contributed by atoms with Gasteiger partial charge in [-0.15, -0.1) is 0 Å². The van der Waals surface area contributed by atoms with Crippen molar-refractivity contribution < 1.29 is 4.79 Å². The van der Waals surface area contributed by atoms with Crippen molar-refractivity contribution in [1.29, 1.82) is 0 Å². The summed E-state index contributed by atoms with van der Waals surface area (Å²) >= 11 is 0. The van der Waals surface area contributed by atoms with Gasteiger partial charge in [0.2, 0.25) is 5.91 Å². The van der Waals surface area contributed by atoms with E-state index in [2.05, 4.69) is 13.5 Å². The minimum Gasteiger partial charge on any atom is -0.336 e. The molecule has 2 rings (SSSR count). The Morgan fingerprint density at radius 2 is 2.13 bits per heavy atom. The second-order valence-electron chi connectivity index (χ2n) is 5.11. The van der Waals surface area contributed by atoms with Crippen LogP contribution in [0, 0.1) is 11.8 Å². The van der Waals surface area contributed by atoms with E-state index in [4.69, 9.17) is 0 Å². The van der Waals surface area contributed by atoms with E-state index in [9.17, 15) is 4.79 Å². The molecule has 3 atom stereocenters. The lowest BCUT2D eigenvalue weighted by molar-refractivity contribution is -0.130. The molecule has 2 heteroatoms. The van der Waals surface area contributed by atoms with Crippen molar-refractivity contribution in [2.75, 3.05) is 6.54 Å². The van der Waals surface area contributed by atoms with Crippen molar-refractivity contribution in [2.24, 2.45) is 11.8 Å². The lowest BCUT2D eigenvalue weighted by atomic mass is 9.93. The number of carbonyl (C=O) groups excluding carboxylic acids is 1. The number of likely N-dealkylation sites (N-methyl/N-ethyl adjacent to an activating group) is 1. The van der Waals surface area contributed by atoms with Crippen molar-refractivity contribution in [3.8, 4) is 0 Å². The minimum atomic E-state index is 0.162. The first kappa shape index (κ1) is 10.7. The van der Waals surface area contributed by atoms with Gasteiger partial charge in [-0.2, -0.15) is 0 Å². The molecule has 1 amide bonds. The zero-order valence-electron chi connectivity index (χ0n) is 9.83. The summed E-state index contributed by atoms with van der Waals surface area (Å²) in [5, 5.41) is 0. The SMILES string of the molecule is C=C(C)C(=O)N(CC)C1CC2CCC1C2. The van der Waals surface area contributed by atoms with E-state index in [1.165, 1.54) is 25.7 Å². The van der Waals surface area contributed by atoms with Crippen LogP contribution in [0.3, 0.4) is 0 Å². The van der Waals surface area contributed by atoms with Crippen LogP contribution in [0.1, 0.15) is 39.5 Å². The zero-order valence-corrected chi connectivity index (χ0v) is 9.83. The van der Waals surface area contributed by atoms with Gasteiger partial charge in [0.25, 0.3) is 0 Å². The van der Waals surface area contributed by atoms with E-state index >= 15 is 0 Å². The highest BCUT2D eigenvalue weighted by Crippen LogP contribution is 2.46. The number of rotatable bonds is 3. The molecule has 0 N–H and O–H groups in total. The summed E-state index contributed by atoms with van der Waals surface area (Å²) < 4.78 is 0. The summed E-state index contributed by atoms with van der Waals surface area (Å²) in [5.41, 5.74) is 0.680. The van der Waals surface area contributed by atoms with E-state index in [-0.39, 0.29) is 5.91 Å². The summed E-state index contributed by atoms with van der Waals surface area (Å²) in [6.07, 6.45) is 5.30. The highest BCUT2D eigenvalue weighted by molar-refractivity contribution is 5.92. The lowest BCUT2D eigenvalue weighted by Crippen LogP contribution is -2.43. The second-order valence-corrected chi connectivity index (χ2v) is 5.11. The lowest BCUT2D eigenvalue weighted by Gasteiger charge is -2.34. The molecule has 2 aliphatic rings. The third-order valence-electron chi connectivity index (χ3n) is 4.07. The van der Waals surface area contributed by atoms with Gasteiger partial charge in [0.05, 0.1) is 0 Å². The van der Waals surface area contributed by atoms with Crippen LogP contribution in [0.5, 0.6) is 0 Å². The van der Waals surface area contributed by atoms with Gasteiger partial charge in [0, 0.05) is 18.2 Å². The van der Waals surface area contributed by atoms with Gasteiger partial charge in [0.15, 0.2) is 0 Å². The zero-order chi connectivity index (χ0) is 11.0. The molecule has 0 heterocycles. The van der Waals surface area contributed by atoms with Gasteiger partial charge >= 0.3 is 0 Å². The van der Waals surface area contributed by atoms with Gasteiger partial charge in [-0.05, 0) is 44.9 Å². The molecular weight excluding hydrogens is 186 g/mol. The second kappa shape index (κ2) is 3.99. The van der Waals surface area contributed by atoms with Crippen LogP contribution in [0.15, 0.2) is 12.2 Å². The molecule has 3 unspecified atom stereocenters. The molecule has 0 aromatic carbocycles. The molecule has 2 nitrogen and oxygen atoms in total. The summed E-state index contributed by atoms with van der Waals surface area (Å²) in [4.78, 5) is 14.0. The van der Waals surface area contributed by atoms with Gasteiger partial charge in [-0.3, -0.25) is 4.79 Å². The van der Waals surface area contributed by atoms with Crippen LogP contribution in [-0.4, -0.2) is 23.4 Å². The van der Waals surface area contributed by atoms with Crippen molar-refractivity contribution >= 4 is 5.91 Å². The first-order valence-electron chi connectivity index (χ1n) is 6.10. The Balaban J connectivity index is 2.07. The van der Waals surface area contributed by atoms with Crippen molar-refractivity contribution in [2.45, 2.75) is 45.6 Å². The Bertz CT molecular complexity index is 284. The Kier molecular flexibility index (Phi) is 2.85. The predicted octanol–water partition coefficient (Wildman–Crippen LogP) is 2.60. The number of hydrogen-bond acceptors (Lipinski definition) is 1. The topological polar surface area (TPSA) is 20.3 Å². The molecule has 0 aliphatic heterocycles. The first-order valence-corrected chi connectivity index (χ1v) is 6.10. The maximum Gasteiger partial charge on any atom is 0.249 e. The summed E-state index contributed by atoms with van der Waals surface area (Å²) in [6, 6.07) is 0.512. The number of hydrogen-bond donors (Lipinski definition) is 0. The third-order valence-corrected chi connectivity index (χ3v) is 4.07. The van der Waals surface area contributed by atoms with Crippen molar-refractivity contribution in [3.63, 3.8) is 0 Å². The normalized spacial score (nSPS) is 33.1. The number of amides is 1. The van der Waals surface area contributed by atoms with E-state index in [1.54, 1.807) is 0 Å². The Morgan fingerprint density at radius 3 is 2.53 bits per heavy atom. The van der Waals surface area contributed by atoms with Gasteiger partial charge < -0.3 is 4.90 Å². The average molecular weight is 207 g/mol. The molecule has 0 radical (unpaired) electrons. The van der Waals surface area contributed by atoms with E-state index < -0.39 is 0 Å². The molecule has 2 saturated carbocycles. The summed E-state index contributed by atoms with van der Waals surface area (Å²) in [6.45, 7) is 8.49. The molecule has 0 aromatic heterocycles. The maximum atomic E-state index is 12.0. The molecular formula is C13H21NO. The number of fused-ring (bicyclic) bond motifs is 2. The van der Waals surface area contributed by atoms with Crippen LogP contribution in [0.25, 0.3) is 0 Å². The van der Waals surface area contributed by atoms with Crippen LogP contribution in [0.2, 0.25) is 0 Å². The Hall–Kier alpha value is -0.790.